The molecule has 142 valence electrons. The van der Waals surface area contributed by atoms with Crippen LogP contribution in [0.25, 0.3) is 10.2 Å². The number of methoxy groups -OCH3 is 2. The van der Waals surface area contributed by atoms with E-state index in [1.165, 1.54) is 18.4 Å². The molecule has 0 radical (unpaired) electrons. The lowest BCUT2D eigenvalue weighted by atomic mass is 10.1. The lowest BCUT2D eigenvalue weighted by Crippen LogP contribution is -2.30. The first kappa shape index (κ1) is 18.1. The van der Waals surface area contributed by atoms with Crippen LogP contribution >= 0.6 is 11.3 Å². The summed E-state index contributed by atoms with van der Waals surface area (Å²) in [5.41, 5.74) is 1.24. The number of para-hydroxylation sites is 1. The Morgan fingerprint density at radius 1 is 1.11 bits per heavy atom. The molecular formula is C21H18N2O4S. The normalized spacial score (nSPS) is 10.8. The van der Waals surface area contributed by atoms with Gasteiger partial charge < -0.3 is 13.9 Å². The smallest absolute Gasteiger partial charge is 0.264 e. The first-order valence-corrected chi connectivity index (χ1v) is 9.43. The van der Waals surface area contributed by atoms with E-state index in [0.29, 0.717) is 28.0 Å². The van der Waals surface area contributed by atoms with Crippen molar-refractivity contribution in [2.24, 2.45) is 0 Å². The molecule has 0 saturated carbocycles. The third kappa shape index (κ3) is 3.44. The number of furan rings is 1. The van der Waals surface area contributed by atoms with Crippen molar-refractivity contribution in [3.63, 3.8) is 0 Å². The summed E-state index contributed by atoms with van der Waals surface area (Å²) in [6, 6.07) is 16.6. The molecule has 0 bridgehead atoms. The maximum absolute atomic E-state index is 13.5. The average Bonchev–Trinajstić information content (AvgIpc) is 3.40. The summed E-state index contributed by atoms with van der Waals surface area (Å²) in [7, 11) is 3.09. The van der Waals surface area contributed by atoms with Crippen molar-refractivity contribution in [3.05, 3.63) is 72.2 Å². The number of nitrogens with zero attached hydrogens (tertiary/aromatic N) is 2. The lowest BCUT2D eigenvalue weighted by molar-refractivity contribution is 0.0980. The number of fused-ring (bicyclic) bond motifs is 1. The zero-order valence-electron chi connectivity index (χ0n) is 15.4. The summed E-state index contributed by atoms with van der Waals surface area (Å²) in [5, 5.41) is 0.590. The molecule has 0 unspecified atom stereocenters. The van der Waals surface area contributed by atoms with Crippen LogP contribution in [0.15, 0.2) is 65.3 Å². The van der Waals surface area contributed by atoms with E-state index in [9.17, 15) is 4.79 Å². The van der Waals surface area contributed by atoms with Gasteiger partial charge in [-0.05, 0) is 42.5 Å². The van der Waals surface area contributed by atoms with Gasteiger partial charge in [-0.2, -0.15) is 0 Å². The minimum atomic E-state index is -0.244. The van der Waals surface area contributed by atoms with Gasteiger partial charge >= 0.3 is 0 Å². The van der Waals surface area contributed by atoms with Crippen LogP contribution in [0.5, 0.6) is 11.5 Å². The van der Waals surface area contributed by atoms with Gasteiger partial charge in [0.15, 0.2) is 5.13 Å². The summed E-state index contributed by atoms with van der Waals surface area (Å²) in [6.45, 7) is 0.256. The van der Waals surface area contributed by atoms with Gasteiger partial charge in [0.25, 0.3) is 5.91 Å². The molecular weight excluding hydrogens is 376 g/mol. The Morgan fingerprint density at radius 3 is 2.68 bits per heavy atom. The van der Waals surface area contributed by atoms with E-state index >= 15 is 0 Å². The topological polar surface area (TPSA) is 64.8 Å². The number of aromatic nitrogens is 1. The van der Waals surface area contributed by atoms with E-state index < -0.39 is 0 Å². The lowest BCUT2D eigenvalue weighted by Gasteiger charge is -2.20. The Labute approximate surface area is 165 Å². The summed E-state index contributed by atoms with van der Waals surface area (Å²) in [4.78, 5) is 19.8. The van der Waals surface area contributed by atoms with Crippen LogP contribution in [-0.4, -0.2) is 25.1 Å². The Morgan fingerprint density at radius 2 is 1.96 bits per heavy atom. The molecule has 0 saturated heterocycles. The monoisotopic (exact) mass is 394 g/mol. The average molecular weight is 394 g/mol. The number of thiazole rings is 1. The van der Waals surface area contributed by atoms with Crippen LogP contribution in [0, 0.1) is 0 Å². The molecule has 0 aliphatic carbocycles. The molecule has 1 amide bonds. The second kappa shape index (κ2) is 7.74. The predicted octanol–water partition coefficient (Wildman–Crippen LogP) is 4.75. The molecule has 2 heterocycles. The van der Waals surface area contributed by atoms with Gasteiger partial charge in [0.05, 0.1) is 42.8 Å². The number of hydrogen-bond acceptors (Lipinski definition) is 6. The molecule has 6 nitrogen and oxygen atoms in total. The first-order chi connectivity index (χ1) is 13.7. The maximum Gasteiger partial charge on any atom is 0.264 e. The Bertz CT molecular complexity index is 1070. The number of rotatable bonds is 6. The van der Waals surface area contributed by atoms with Gasteiger partial charge in [0.2, 0.25) is 0 Å². The summed E-state index contributed by atoms with van der Waals surface area (Å²) in [5.74, 6) is 1.46. The van der Waals surface area contributed by atoms with Crippen LogP contribution in [-0.2, 0) is 6.54 Å². The van der Waals surface area contributed by atoms with E-state index in [1.54, 1.807) is 42.5 Å². The number of amides is 1. The number of benzene rings is 2. The molecule has 28 heavy (non-hydrogen) atoms. The second-order valence-electron chi connectivity index (χ2n) is 6.00. The fourth-order valence-electron chi connectivity index (χ4n) is 2.89. The van der Waals surface area contributed by atoms with Crippen molar-refractivity contribution in [2.45, 2.75) is 6.54 Å². The largest absolute Gasteiger partial charge is 0.497 e. The molecule has 0 aliphatic heterocycles. The molecule has 4 rings (SSSR count). The van der Waals surface area contributed by atoms with Gasteiger partial charge in [-0.3, -0.25) is 9.69 Å². The highest BCUT2D eigenvalue weighted by molar-refractivity contribution is 7.22. The Balaban J connectivity index is 1.80. The van der Waals surface area contributed by atoms with Crippen LogP contribution in [0.2, 0.25) is 0 Å². The van der Waals surface area contributed by atoms with E-state index in [-0.39, 0.29) is 12.5 Å². The van der Waals surface area contributed by atoms with Crippen molar-refractivity contribution < 1.29 is 18.7 Å². The molecule has 0 atom stereocenters. The fraction of sp³-hybridized carbons (Fsp3) is 0.143. The molecule has 2 aromatic heterocycles. The van der Waals surface area contributed by atoms with Gasteiger partial charge in [0, 0.05) is 0 Å². The van der Waals surface area contributed by atoms with Crippen molar-refractivity contribution in [2.75, 3.05) is 19.1 Å². The van der Waals surface area contributed by atoms with Crippen molar-refractivity contribution in [1.82, 2.24) is 4.98 Å². The molecule has 0 N–H and O–H groups in total. The number of anilines is 1. The zero-order chi connectivity index (χ0) is 19.5. The standard InChI is InChI=1S/C21H18N2O4S/c1-25-14-9-10-18(26-2)16(12-14)20(24)23(13-15-6-5-11-27-15)21-22-17-7-3-4-8-19(17)28-21/h3-12H,13H2,1-2H3. The fourth-order valence-corrected chi connectivity index (χ4v) is 3.85. The number of carbonyl (C=O) groups excluding carboxylic acids is 1. The summed E-state index contributed by atoms with van der Waals surface area (Å²) >= 11 is 1.45. The SMILES string of the molecule is COc1ccc(OC)c(C(=O)N(Cc2ccco2)c2nc3ccccc3s2)c1. The maximum atomic E-state index is 13.5. The van der Waals surface area contributed by atoms with Gasteiger partial charge in [-0.25, -0.2) is 4.98 Å². The molecule has 4 aromatic rings. The van der Waals surface area contributed by atoms with Crippen LogP contribution in [0.4, 0.5) is 5.13 Å². The van der Waals surface area contributed by atoms with Gasteiger partial charge in [0.1, 0.15) is 17.3 Å². The molecule has 2 aromatic carbocycles. The number of ether oxygens (including phenoxy) is 2. The number of carbonyl (C=O) groups is 1. The Kier molecular flexibility index (Phi) is 4.99. The summed E-state index contributed by atoms with van der Waals surface area (Å²) < 4.78 is 17.2. The quantitative estimate of drug-likeness (QED) is 0.472. The number of hydrogen-bond donors (Lipinski definition) is 0. The molecule has 0 aliphatic rings. The summed E-state index contributed by atoms with van der Waals surface area (Å²) in [6.07, 6.45) is 1.59. The van der Waals surface area contributed by atoms with Gasteiger partial charge in [-0.1, -0.05) is 23.5 Å². The minimum Gasteiger partial charge on any atom is -0.497 e. The van der Waals surface area contributed by atoms with Crippen LogP contribution in [0.1, 0.15) is 16.1 Å². The second-order valence-corrected chi connectivity index (χ2v) is 7.01. The van der Waals surface area contributed by atoms with Gasteiger partial charge in [-0.15, -0.1) is 0 Å². The van der Waals surface area contributed by atoms with Crippen molar-refractivity contribution >= 4 is 32.6 Å². The zero-order valence-corrected chi connectivity index (χ0v) is 16.2. The van der Waals surface area contributed by atoms with Crippen LogP contribution in [0.3, 0.4) is 0 Å². The highest BCUT2D eigenvalue weighted by atomic mass is 32.1. The Hall–Kier alpha value is -3.32. The third-order valence-corrected chi connectivity index (χ3v) is 5.35. The minimum absolute atomic E-state index is 0.244. The van der Waals surface area contributed by atoms with E-state index in [4.69, 9.17) is 13.9 Å². The molecule has 0 fully saturated rings. The van der Waals surface area contributed by atoms with Crippen molar-refractivity contribution in [3.8, 4) is 11.5 Å². The highest BCUT2D eigenvalue weighted by Gasteiger charge is 2.25. The predicted molar refractivity (Wildman–Crippen MR) is 108 cm³/mol. The van der Waals surface area contributed by atoms with E-state index in [2.05, 4.69) is 4.98 Å². The molecule has 0 spiro atoms. The third-order valence-electron chi connectivity index (χ3n) is 4.29. The van der Waals surface area contributed by atoms with E-state index in [0.717, 1.165) is 10.2 Å². The first-order valence-electron chi connectivity index (χ1n) is 8.61. The molecule has 7 heteroatoms. The van der Waals surface area contributed by atoms with Crippen molar-refractivity contribution in [1.29, 1.82) is 0 Å². The van der Waals surface area contributed by atoms with Crippen LogP contribution < -0.4 is 14.4 Å². The van der Waals surface area contributed by atoms with E-state index in [1.807, 2.05) is 30.3 Å². The highest BCUT2D eigenvalue weighted by Crippen LogP contribution is 2.33.